The molecule has 0 fully saturated rings. The summed E-state index contributed by atoms with van der Waals surface area (Å²) in [5.74, 6) is -0.0838. The van der Waals surface area contributed by atoms with Gasteiger partial charge in [-0.3, -0.25) is 4.79 Å². The van der Waals surface area contributed by atoms with Crippen LogP contribution in [0.3, 0.4) is 0 Å². The highest BCUT2D eigenvalue weighted by molar-refractivity contribution is 5.91. The van der Waals surface area contributed by atoms with Crippen molar-refractivity contribution in [1.82, 2.24) is 15.0 Å². The summed E-state index contributed by atoms with van der Waals surface area (Å²) in [6.07, 6.45) is 0. The lowest BCUT2D eigenvalue weighted by Gasteiger charge is -2.01. The van der Waals surface area contributed by atoms with Gasteiger partial charge in [0.1, 0.15) is 5.52 Å². The second-order valence-electron chi connectivity index (χ2n) is 3.10. The van der Waals surface area contributed by atoms with Crippen molar-refractivity contribution in [2.45, 2.75) is 6.92 Å². The molecule has 14 heavy (non-hydrogen) atoms. The minimum atomic E-state index is -0.0838. The number of rotatable bonds is 1. The summed E-state index contributed by atoms with van der Waals surface area (Å²) >= 11 is 0. The van der Waals surface area contributed by atoms with Crippen LogP contribution in [0.1, 0.15) is 6.92 Å². The minimum Gasteiger partial charge on any atom is -0.326 e. The van der Waals surface area contributed by atoms with Crippen molar-refractivity contribution in [3.8, 4) is 0 Å². The number of aryl methyl sites for hydroxylation is 1. The zero-order valence-corrected chi connectivity index (χ0v) is 7.98. The van der Waals surface area contributed by atoms with Crippen molar-refractivity contribution < 1.29 is 4.79 Å². The first kappa shape index (κ1) is 8.68. The van der Waals surface area contributed by atoms with E-state index in [0.29, 0.717) is 0 Å². The Kier molecular flexibility index (Phi) is 1.92. The first-order valence-electron chi connectivity index (χ1n) is 4.24. The number of nitrogens with one attached hydrogen (secondary N) is 1. The number of hydrogen-bond acceptors (Lipinski definition) is 3. The second-order valence-corrected chi connectivity index (χ2v) is 3.10. The molecule has 2 aromatic rings. The maximum atomic E-state index is 10.8. The molecule has 0 unspecified atom stereocenters. The normalized spacial score (nSPS) is 10.4. The van der Waals surface area contributed by atoms with Gasteiger partial charge in [-0.25, -0.2) is 4.68 Å². The quantitative estimate of drug-likeness (QED) is 0.727. The lowest BCUT2D eigenvalue weighted by atomic mass is 10.2. The highest BCUT2D eigenvalue weighted by Gasteiger charge is 2.02. The molecule has 2 rings (SSSR count). The molecule has 1 aromatic carbocycles. The largest absolute Gasteiger partial charge is 0.326 e. The molecule has 0 bridgehead atoms. The van der Waals surface area contributed by atoms with Gasteiger partial charge < -0.3 is 5.32 Å². The standard InChI is InChI=1S/C9H10N4O/c1-6(14)10-7-3-4-8-9(5-7)13(2)12-11-8/h3-5H,1-2H3,(H,10,14). The average molecular weight is 190 g/mol. The van der Waals surface area contributed by atoms with Gasteiger partial charge in [-0.2, -0.15) is 0 Å². The van der Waals surface area contributed by atoms with Crippen LogP contribution >= 0.6 is 0 Å². The van der Waals surface area contributed by atoms with Crippen LogP contribution in [-0.2, 0) is 11.8 Å². The van der Waals surface area contributed by atoms with Crippen molar-refractivity contribution in [3.63, 3.8) is 0 Å². The highest BCUT2D eigenvalue weighted by atomic mass is 16.1. The molecule has 0 spiro atoms. The lowest BCUT2D eigenvalue weighted by molar-refractivity contribution is -0.114. The maximum absolute atomic E-state index is 10.8. The monoisotopic (exact) mass is 190 g/mol. The highest BCUT2D eigenvalue weighted by Crippen LogP contribution is 2.15. The Morgan fingerprint density at radius 2 is 2.29 bits per heavy atom. The molecule has 0 saturated heterocycles. The summed E-state index contributed by atoms with van der Waals surface area (Å²) in [4.78, 5) is 10.8. The van der Waals surface area contributed by atoms with Crippen LogP contribution in [0, 0.1) is 0 Å². The Balaban J connectivity index is 2.49. The van der Waals surface area contributed by atoms with Crippen LogP contribution in [-0.4, -0.2) is 20.9 Å². The molecular formula is C9H10N4O. The number of benzene rings is 1. The summed E-state index contributed by atoms with van der Waals surface area (Å²) in [7, 11) is 1.81. The van der Waals surface area contributed by atoms with Crippen LogP contribution < -0.4 is 5.32 Å². The van der Waals surface area contributed by atoms with Crippen LogP contribution in [0.25, 0.3) is 11.0 Å². The third-order valence-corrected chi connectivity index (χ3v) is 1.93. The Morgan fingerprint density at radius 3 is 3.00 bits per heavy atom. The van der Waals surface area contributed by atoms with Crippen molar-refractivity contribution in [2.24, 2.45) is 7.05 Å². The molecule has 0 radical (unpaired) electrons. The predicted octanol–water partition coefficient (Wildman–Crippen LogP) is 0.927. The zero-order valence-electron chi connectivity index (χ0n) is 7.98. The van der Waals surface area contributed by atoms with Crippen molar-refractivity contribution in [2.75, 3.05) is 5.32 Å². The first-order chi connectivity index (χ1) is 6.66. The van der Waals surface area contributed by atoms with Gasteiger partial charge in [-0.1, -0.05) is 5.21 Å². The SMILES string of the molecule is CC(=O)Nc1ccc2nnn(C)c2c1. The van der Waals surface area contributed by atoms with E-state index in [9.17, 15) is 4.79 Å². The van der Waals surface area contributed by atoms with Crippen LogP contribution in [0.4, 0.5) is 5.69 Å². The molecule has 5 heteroatoms. The van der Waals surface area contributed by atoms with Gasteiger partial charge >= 0.3 is 0 Å². The fourth-order valence-electron chi connectivity index (χ4n) is 1.31. The number of amides is 1. The van der Waals surface area contributed by atoms with Gasteiger partial charge in [-0.05, 0) is 18.2 Å². The lowest BCUT2D eigenvalue weighted by Crippen LogP contribution is -2.05. The molecule has 0 aliphatic carbocycles. The van der Waals surface area contributed by atoms with Crippen LogP contribution in [0.5, 0.6) is 0 Å². The first-order valence-corrected chi connectivity index (χ1v) is 4.24. The topological polar surface area (TPSA) is 59.8 Å². The fourth-order valence-corrected chi connectivity index (χ4v) is 1.31. The van der Waals surface area contributed by atoms with Gasteiger partial charge in [0.15, 0.2) is 0 Å². The van der Waals surface area contributed by atoms with Gasteiger partial charge in [0, 0.05) is 19.7 Å². The number of nitrogens with zero attached hydrogens (tertiary/aromatic N) is 3. The van der Waals surface area contributed by atoms with Gasteiger partial charge in [0.2, 0.25) is 5.91 Å². The van der Waals surface area contributed by atoms with Gasteiger partial charge in [0.05, 0.1) is 5.52 Å². The van der Waals surface area contributed by atoms with E-state index in [1.54, 1.807) is 10.7 Å². The zero-order chi connectivity index (χ0) is 10.1. The van der Waals surface area contributed by atoms with E-state index >= 15 is 0 Å². The van der Waals surface area contributed by atoms with Crippen molar-refractivity contribution in [3.05, 3.63) is 18.2 Å². The third-order valence-electron chi connectivity index (χ3n) is 1.93. The van der Waals surface area contributed by atoms with Gasteiger partial charge in [-0.15, -0.1) is 5.10 Å². The number of carbonyl (C=O) groups excluding carboxylic acids is 1. The summed E-state index contributed by atoms with van der Waals surface area (Å²) in [5.41, 5.74) is 2.48. The van der Waals surface area contributed by atoms with E-state index < -0.39 is 0 Å². The Bertz CT molecular complexity index is 489. The van der Waals surface area contributed by atoms with E-state index in [1.807, 2.05) is 19.2 Å². The number of hydrogen-bond donors (Lipinski definition) is 1. The number of fused-ring (bicyclic) bond motifs is 1. The third kappa shape index (κ3) is 1.44. The summed E-state index contributed by atoms with van der Waals surface area (Å²) < 4.78 is 1.67. The fraction of sp³-hybridized carbons (Fsp3) is 0.222. The predicted molar refractivity (Wildman–Crippen MR) is 52.8 cm³/mol. The molecule has 72 valence electrons. The summed E-state index contributed by atoms with van der Waals surface area (Å²) in [6, 6.07) is 5.47. The smallest absolute Gasteiger partial charge is 0.221 e. The molecule has 0 atom stereocenters. The average Bonchev–Trinajstić information content (AvgIpc) is 2.47. The molecule has 1 heterocycles. The summed E-state index contributed by atoms with van der Waals surface area (Å²) in [5, 5.41) is 10.5. The van der Waals surface area contributed by atoms with E-state index in [4.69, 9.17) is 0 Å². The van der Waals surface area contributed by atoms with E-state index in [1.165, 1.54) is 6.92 Å². The van der Waals surface area contributed by atoms with Crippen molar-refractivity contribution >= 4 is 22.6 Å². The van der Waals surface area contributed by atoms with Gasteiger partial charge in [0.25, 0.3) is 0 Å². The van der Waals surface area contributed by atoms with Crippen LogP contribution in [0.2, 0.25) is 0 Å². The molecule has 0 aliphatic heterocycles. The van der Waals surface area contributed by atoms with Crippen LogP contribution in [0.15, 0.2) is 18.2 Å². The molecule has 1 aromatic heterocycles. The number of anilines is 1. The molecule has 5 nitrogen and oxygen atoms in total. The summed E-state index contributed by atoms with van der Waals surface area (Å²) in [6.45, 7) is 1.48. The Morgan fingerprint density at radius 1 is 1.50 bits per heavy atom. The second kappa shape index (κ2) is 3.10. The van der Waals surface area contributed by atoms with E-state index in [2.05, 4.69) is 15.6 Å². The molecule has 0 saturated carbocycles. The molecule has 1 amide bonds. The maximum Gasteiger partial charge on any atom is 0.221 e. The molecule has 1 N–H and O–H groups in total. The van der Waals surface area contributed by atoms with E-state index in [0.717, 1.165) is 16.7 Å². The Hall–Kier alpha value is -1.91. The number of aromatic nitrogens is 3. The van der Waals surface area contributed by atoms with Crippen molar-refractivity contribution in [1.29, 1.82) is 0 Å². The Labute approximate surface area is 80.7 Å². The molecule has 0 aliphatic rings. The number of carbonyl (C=O) groups is 1. The minimum absolute atomic E-state index is 0.0838. The molecular weight excluding hydrogens is 180 g/mol. The van der Waals surface area contributed by atoms with E-state index in [-0.39, 0.29) is 5.91 Å².